The van der Waals surface area contributed by atoms with Gasteiger partial charge in [0.05, 0.1) is 5.56 Å². The molecule has 0 bridgehead atoms. The summed E-state index contributed by atoms with van der Waals surface area (Å²) < 4.78 is 0. The number of aliphatic hydroxyl groups is 3. The Morgan fingerprint density at radius 1 is 1.10 bits per heavy atom. The summed E-state index contributed by atoms with van der Waals surface area (Å²) >= 11 is 0. The Kier molecular flexibility index (Phi) is 4.17. The van der Waals surface area contributed by atoms with E-state index in [1.54, 1.807) is 32.9 Å². The van der Waals surface area contributed by atoms with Crippen molar-refractivity contribution in [2.75, 3.05) is 0 Å². The van der Waals surface area contributed by atoms with E-state index in [1.165, 1.54) is 6.07 Å². The smallest absolute Gasteiger partial charge is 0.209 e. The van der Waals surface area contributed by atoms with Crippen molar-refractivity contribution in [1.29, 1.82) is 0 Å². The van der Waals surface area contributed by atoms with E-state index >= 15 is 0 Å². The van der Waals surface area contributed by atoms with Gasteiger partial charge in [-0.2, -0.15) is 0 Å². The fraction of sp³-hybridized carbons (Fsp3) is 0.458. The van der Waals surface area contributed by atoms with Crippen LogP contribution in [0, 0.1) is 16.7 Å². The molecule has 0 fully saturated rings. The number of allylic oxidation sites excluding steroid dienone is 2. The zero-order chi connectivity index (χ0) is 23.3. The van der Waals surface area contributed by atoms with Crippen molar-refractivity contribution >= 4 is 17.3 Å². The lowest BCUT2D eigenvalue weighted by atomic mass is 9.42. The predicted molar refractivity (Wildman–Crippen MR) is 111 cm³/mol. The Morgan fingerprint density at radius 3 is 2.29 bits per heavy atom. The third kappa shape index (κ3) is 2.14. The minimum absolute atomic E-state index is 0.0295. The summed E-state index contributed by atoms with van der Waals surface area (Å²) in [5, 5.41) is 44.0. The van der Waals surface area contributed by atoms with Crippen LogP contribution in [0.2, 0.25) is 0 Å². The van der Waals surface area contributed by atoms with Gasteiger partial charge in [0.15, 0.2) is 17.2 Å². The molecular weight excluding hydrogens is 400 g/mol. The zero-order valence-corrected chi connectivity index (χ0v) is 18.1. The van der Waals surface area contributed by atoms with E-state index < -0.39 is 56.8 Å². The Balaban J connectivity index is 2.11. The molecule has 31 heavy (non-hydrogen) atoms. The minimum Gasteiger partial charge on any atom is -0.511 e. The quantitative estimate of drug-likeness (QED) is 0.507. The fourth-order valence-corrected chi connectivity index (χ4v) is 6.21. The number of phenolic OH excluding ortho intramolecular Hbond substituents is 1. The molecule has 0 amide bonds. The highest BCUT2D eigenvalue weighted by molar-refractivity contribution is 6.25. The molecule has 5 atom stereocenters. The molecule has 0 saturated carbocycles. The molecule has 0 aliphatic heterocycles. The summed E-state index contributed by atoms with van der Waals surface area (Å²) in [6.45, 7) is 8.10. The molecule has 0 aromatic heterocycles. The van der Waals surface area contributed by atoms with Gasteiger partial charge in [-0.05, 0) is 30.4 Å². The van der Waals surface area contributed by atoms with Crippen molar-refractivity contribution in [3.05, 3.63) is 52.0 Å². The molecule has 0 heterocycles. The summed E-state index contributed by atoms with van der Waals surface area (Å²) in [5.74, 6) is -4.94. The molecule has 0 spiro atoms. The van der Waals surface area contributed by atoms with Crippen molar-refractivity contribution in [3.63, 3.8) is 0 Å². The molecule has 7 heteroatoms. The van der Waals surface area contributed by atoms with Gasteiger partial charge in [0.25, 0.3) is 0 Å². The molecule has 3 aliphatic carbocycles. The van der Waals surface area contributed by atoms with E-state index in [0.717, 1.165) is 6.92 Å². The summed E-state index contributed by atoms with van der Waals surface area (Å²) in [6.07, 6.45) is -0.216. The van der Waals surface area contributed by atoms with Crippen LogP contribution in [-0.2, 0) is 9.59 Å². The van der Waals surface area contributed by atoms with Gasteiger partial charge in [-0.25, -0.2) is 0 Å². The van der Waals surface area contributed by atoms with Crippen LogP contribution in [0.15, 0.2) is 40.9 Å². The standard InChI is InChI=1S/C24H26O7/c1-10-13-7-6-8-14(26)17(13)19(28)18-21(30)24(31)20(29)16(11(2)25)15(27)9-22(24,4)12(3)23(10,18)5/h6-8,10,12,26-27,30-31H,9H2,1-5H3/t10-,12+,22+,23-,24+/m1/s1. The number of aromatic hydroxyl groups is 1. The van der Waals surface area contributed by atoms with E-state index in [4.69, 9.17) is 0 Å². The highest BCUT2D eigenvalue weighted by Gasteiger charge is 2.71. The minimum atomic E-state index is -2.56. The van der Waals surface area contributed by atoms with Gasteiger partial charge in [0.2, 0.25) is 5.78 Å². The first-order valence-electron chi connectivity index (χ1n) is 10.3. The van der Waals surface area contributed by atoms with Gasteiger partial charge in [-0.3, -0.25) is 14.4 Å². The number of phenols is 1. The molecule has 1 aromatic rings. The van der Waals surface area contributed by atoms with Gasteiger partial charge in [0, 0.05) is 22.8 Å². The number of benzene rings is 1. The largest absolute Gasteiger partial charge is 0.511 e. The second-order valence-corrected chi connectivity index (χ2v) is 9.53. The highest BCUT2D eigenvalue weighted by atomic mass is 16.3. The highest BCUT2D eigenvalue weighted by Crippen LogP contribution is 2.67. The number of rotatable bonds is 1. The number of aliphatic hydroxyl groups excluding tert-OH is 2. The lowest BCUT2D eigenvalue weighted by Crippen LogP contribution is -2.67. The van der Waals surface area contributed by atoms with Crippen LogP contribution < -0.4 is 0 Å². The average molecular weight is 426 g/mol. The van der Waals surface area contributed by atoms with Crippen LogP contribution in [-0.4, -0.2) is 43.4 Å². The van der Waals surface area contributed by atoms with Gasteiger partial charge < -0.3 is 20.4 Å². The summed E-state index contributed by atoms with van der Waals surface area (Å²) in [5.41, 5.74) is -5.04. The number of Topliss-reactive ketones (excluding diaryl/α,β-unsaturated/α-hetero) is 3. The predicted octanol–water partition coefficient (Wildman–Crippen LogP) is 3.27. The van der Waals surface area contributed by atoms with Gasteiger partial charge in [0.1, 0.15) is 22.8 Å². The first-order chi connectivity index (χ1) is 14.3. The summed E-state index contributed by atoms with van der Waals surface area (Å²) in [7, 11) is 0. The first kappa shape index (κ1) is 21.3. The van der Waals surface area contributed by atoms with Gasteiger partial charge in [-0.1, -0.05) is 39.8 Å². The van der Waals surface area contributed by atoms with E-state index in [2.05, 4.69) is 0 Å². The third-order valence-corrected chi connectivity index (χ3v) is 8.43. The van der Waals surface area contributed by atoms with Crippen LogP contribution in [0.1, 0.15) is 62.9 Å². The fourth-order valence-electron chi connectivity index (χ4n) is 6.21. The Labute approximate surface area is 179 Å². The number of carbonyl (C=O) groups excluding carboxylic acids is 3. The Hall–Kier alpha value is -2.93. The maximum atomic E-state index is 13.6. The van der Waals surface area contributed by atoms with E-state index in [0.29, 0.717) is 5.56 Å². The Morgan fingerprint density at radius 2 is 1.71 bits per heavy atom. The molecule has 0 radical (unpaired) electrons. The molecule has 4 rings (SSSR count). The SMILES string of the molecule is CC(=O)C1=C(O)C[C@@]2(C)[C@H](C)[C@]3(C)C(=C(O)[C@@]2(O)C1=O)C(=O)c1c(O)cccc1[C@H]3C. The molecule has 3 aliphatic rings. The van der Waals surface area contributed by atoms with Crippen molar-refractivity contribution in [1.82, 2.24) is 0 Å². The van der Waals surface area contributed by atoms with Crippen molar-refractivity contribution in [2.24, 2.45) is 16.7 Å². The second kappa shape index (κ2) is 6.07. The normalized spacial score (nSPS) is 37.4. The maximum Gasteiger partial charge on any atom is 0.209 e. The molecule has 0 saturated heterocycles. The zero-order valence-electron chi connectivity index (χ0n) is 18.1. The van der Waals surface area contributed by atoms with Gasteiger partial charge >= 0.3 is 0 Å². The maximum absolute atomic E-state index is 13.6. The van der Waals surface area contributed by atoms with Crippen LogP contribution >= 0.6 is 0 Å². The lowest BCUT2D eigenvalue weighted by Gasteiger charge is -2.61. The van der Waals surface area contributed by atoms with E-state index in [9.17, 15) is 34.8 Å². The van der Waals surface area contributed by atoms with Crippen molar-refractivity contribution in [3.8, 4) is 5.75 Å². The molecule has 164 valence electrons. The summed E-state index contributed by atoms with van der Waals surface area (Å²) in [4.78, 5) is 38.9. The van der Waals surface area contributed by atoms with E-state index in [-0.39, 0.29) is 29.2 Å². The average Bonchev–Trinajstić information content (AvgIpc) is 2.68. The monoisotopic (exact) mass is 426 g/mol. The molecule has 4 N–H and O–H groups in total. The molecule has 7 nitrogen and oxygen atoms in total. The van der Waals surface area contributed by atoms with Crippen LogP contribution in [0.3, 0.4) is 0 Å². The number of fused-ring (bicyclic) bond motifs is 3. The summed E-state index contributed by atoms with van der Waals surface area (Å²) in [6, 6.07) is 4.75. The van der Waals surface area contributed by atoms with Crippen molar-refractivity contribution in [2.45, 2.75) is 52.6 Å². The topological polar surface area (TPSA) is 132 Å². The molecule has 1 aromatic carbocycles. The molecular formula is C24H26O7. The first-order valence-corrected chi connectivity index (χ1v) is 10.3. The third-order valence-electron chi connectivity index (χ3n) is 8.43. The van der Waals surface area contributed by atoms with Crippen molar-refractivity contribution < 1.29 is 34.8 Å². The number of hydrogen-bond donors (Lipinski definition) is 4. The van der Waals surface area contributed by atoms with Crippen LogP contribution in [0.4, 0.5) is 0 Å². The van der Waals surface area contributed by atoms with Gasteiger partial charge in [-0.15, -0.1) is 0 Å². The Bertz CT molecular complexity index is 1140. The molecule has 0 unspecified atom stereocenters. The lowest BCUT2D eigenvalue weighted by molar-refractivity contribution is -0.171. The van der Waals surface area contributed by atoms with E-state index in [1.807, 2.05) is 6.92 Å². The second-order valence-electron chi connectivity index (χ2n) is 9.53. The number of hydrogen-bond acceptors (Lipinski definition) is 7. The van der Waals surface area contributed by atoms with Crippen LogP contribution in [0.25, 0.3) is 0 Å². The van der Waals surface area contributed by atoms with Crippen LogP contribution in [0.5, 0.6) is 5.75 Å². The number of ketones is 3. The number of carbonyl (C=O) groups is 3.